The minimum atomic E-state index is -0.739. The van der Waals surface area contributed by atoms with Gasteiger partial charge in [-0.1, -0.05) is 13.8 Å². The summed E-state index contributed by atoms with van der Waals surface area (Å²) in [5.41, 5.74) is 0. The molecule has 0 spiro atoms. The number of carboxylic acids is 1. The van der Waals surface area contributed by atoms with Crippen molar-refractivity contribution in [1.82, 2.24) is 5.32 Å². The van der Waals surface area contributed by atoms with Gasteiger partial charge in [-0.15, -0.1) is 0 Å². The third kappa shape index (κ3) is 6.90. The first-order valence-electron chi connectivity index (χ1n) is 4.76. The van der Waals surface area contributed by atoms with Crippen LogP contribution in [-0.4, -0.2) is 35.2 Å². The van der Waals surface area contributed by atoms with Crippen LogP contribution in [0.3, 0.4) is 0 Å². The molecule has 0 aliphatic carbocycles. The molecule has 0 aliphatic rings. The zero-order valence-electron chi connectivity index (χ0n) is 8.38. The molecule has 0 rings (SSSR count). The number of nitrogens with one attached hydrogen (secondary N) is 1. The first-order valence-corrected chi connectivity index (χ1v) is 5.91. The summed E-state index contributed by atoms with van der Waals surface area (Å²) < 4.78 is 0. The molecule has 0 fully saturated rings. The van der Waals surface area contributed by atoms with Crippen molar-refractivity contribution in [2.75, 3.05) is 18.1 Å². The lowest BCUT2D eigenvalue weighted by Gasteiger charge is -2.12. The number of carbonyl (C=O) groups is 1. The van der Waals surface area contributed by atoms with Crippen LogP contribution < -0.4 is 5.32 Å². The van der Waals surface area contributed by atoms with Crippen LogP contribution in [0.1, 0.15) is 26.7 Å². The Morgan fingerprint density at radius 3 is 2.62 bits per heavy atom. The SMILES string of the molecule is CCCNC(CSCCC)C(=O)O. The highest BCUT2D eigenvalue weighted by molar-refractivity contribution is 7.99. The minimum Gasteiger partial charge on any atom is -0.480 e. The van der Waals surface area contributed by atoms with E-state index >= 15 is 0 Å². The quantitative estimate of drug-likeness (QED) is 0.591. The molecule has 4 heteroatoms. The van der Waals surface area contributed by atoms with Crippen LogP contribution in [0.2, 0.25) is 0 Å². The summed E-state index contributed by atoms with van der Waals surface area (Å²) in [4.78, 5) is 10.7. The van der Waals surface area contributed by atoms with Gasteiger partial charge in [0.1, 0.15) is 6.04 Å². The van der Waals surface area contributed by atoms with E-state index in [1.807, 2.05) is 6.92 Å². The molecule has 0 aromatic rings. The van der Waals surface area contributed by atoms with E-state index in [1.165, 1.54) is 0 Å². The molecule has 0 amide bonds. The third-order valence-electron chi connectivity index (χ3n) is 1.57. The Morgan fingerprint density at radius 1 is 1.46 bits per heavy atom. The lowest BCUT2D eigenvalue weighted by atomic mass is 10.3. The van der Waals surface area contributed by atoms with Crippen molar-refractivity contribution in [3.05, 3.63) is 0 Å². The average Bonchev–Trinajstić information content (AvgIpc) is 2.10. The summed E-state index contributed by atoms with van der Waals surface area (Å²) in [6.07, 6.45) is 2.08. The van der Waals surface area contributed by atoms with E-state index in [0.717, 1.165) is 25.1 Å². The number of aliphatic carboxylic acids is 1. The normalized spacial score (nSPS) is 12.8. The van der Waals surface area contributed by atoms with E-state index in [9.17, 15) is 4.79 Å². The molecule has 3 nitrogen and oxygen atoms in total. The largest absolute Gasteiger partial charge is 0.480 e. The Bertz CT molecular complexity index is 142. The van der Waals surface area contributed by atoms with Gasteiger partial charge in [-0.05, 0) is 25.1 Å². The molecule has 0 aromatic heterocycles. The van der Waals surface area contributed by atoms with E-state index < -0.39 is 5.97 Å². The number of hydrogen-bond donors (Lipinski definition) is 2. The molecule has 0 aliphatic heterocycles. The summed E-state index contributed by atoms with van der Waals surface area (Å²) in [6, 6.07) is -0.378. The van der Waals surface area contributed by atoms with Gasteiger partial charge in [-0.25, -0.2) is 0 Å². The van der Waals surface area contributed by atoms with Gasteiger partial charge in [0.05, 0.1) is 0 Å². The zero-order chi connectivity index (χ0) is 10.1. The van der Waals surface area contributed by atoms with E-state index in [2.05, 4.69) is 12.2 Å². The second-order valence-electron chi connectivity index (χ2n) is 2.92. The summed E-state index contributed by atoms with van der Waals surface area (Å²) in [7, 11) is 0. The van der Waals surface area contributed by atoms with Gasteiger partial charge in [0, 0.05) is 5.75 Å². The Balaban J connectivity index is 3.61. The number of carboxylic acid groups (broad SMARTS) is 1. The topological polar surface area (TPSA) is 49.3 Å². The van der Waals surface area contributed by atoms with Crippen LogP contribution in [0.25, 0.3) is 0 Å². The van der Waals surface area contributed by atoms with Crippen molar-refractivity contribution >= 4 is 17.7 Å². The highest BCUT2D eigenvalue weighted by atomic mass is 32.2. The van der Waals surface area contributed by atoms with Crippen LogP contribution in [0.5, 0.6) is 0 Å². The van der Waals surface area contributed by atoms with E-state index in [1.54, 1.807) is 11.8 Å². The lowest BCUT2D eigenvalue weighted by Crippen LogP contribution is -2.39. The molecule has 0 saturated heterocycles. The molecule has 0 aromatic carbocycles. The first-order chi connectivity index (χ1) is 6.22. The molecule has 78 valence electrons. The second kappa shape index (κ2) is 8.38. The average molecular weight is 205 g/mol. The Labute approximate surface area is 84.3 Å². The van der Waals surface area contributed by atoms with E-state index in [0.29, 0.717) is 5.75 Å². The van der Waals surface area contributed by atoms with Gasteiger partial charge < -0.3 is 10.4 Å². The van der Waals surface area contributed by atoms with Crippen molar-refractivity contribution in [2.24, 2.45) is 0 Å². The van der Waals surface area contributed by atoms with Gasteiger partial charge in [-0.3, -0.25) is 4.79 Å². The van der Waals surface area contributed by atoms with Crippen LogP contribution in [0.4, 0.5) is 0 Å². The molecule has 0 bridgehead atoms. The van der Waals surface area contributed by atoms with Crippen molar-refractivity contribution in [2.45, 2.75) is 32.7 Å². The Morgan fingerprint density at radius 2 is 2.15 bits per heavy atom. The zero-order valence-corrected chi connectivity index (χ0v) is 9.19. The Kier molecular flexibility index (Phi) is 8.24. The molecule has 1 unspecified atom stereocenters. The van der Waals surface area contributed by atoms with Crippen LogP contribution in [0, 0.1) is 0 Å². The fourth-order valence-corrected chi connectivity index (χ4v) is 1.83. The standard InChI is InChI=1S/C9H19NO2S/c1-3-5-10-8(9(11)12)7-13-6-4-2/h8,10H,3-7H2,1-2H3,(H,11,12). The molecule has 2 N–H and O–H groups in total. The summed E-state index contributed by atoms with van der Waals surface area (Å²) in [5, 5.41) is 11.8. The minimum absolute atomic E-state index is 0.378. The van der Waals surface area contributed by atoms with Crippen LogP contribution in [-0.2, 0) is 4.79 Å². The van der Waals surface area contributed by atoms with Gasteiger partial charge >= 0.3 is 5.97 Å². The van der Waals surface area contributed by atoms with Crippen molar-refractivity contribution < 1.29 is 9.90 Å². The lowest BCUT2D eigenvalue weighted by molar-refractivity contribution is -0.138. The maximum Gasteiger partial charge on any atom is 0.321 e. The number of hydrogen-bond acceptors (Lipinski definition) is 3. The molecular formula is C9H19NO2S. The summed E-state index contributed by atoms with van der Waals surface area (Å²) >= 11 is 1.70. The molecule has 0 heterocycles. The van der Waals surface area contributed by atoms with Crippen molar-refractivity contribution in [3.8, 4) is 0 Å². The second-order valence-corrected chi connectivity index (χ2v) is 4.07. The fourth-order valence-electron chi connectivity index (χ4n) is 0.882. The highest BCUT2D eigenvalue weighted by Crippen LogP contribution is 2.04. The smallest absolute Gasteiger partial charge is 0.321 e. The molecular weight excluding hydrogens is 186 g/mol. The fraction of sp³-hybridized carbons (Fsp3) is 0.889. The molecule has 13 heavy (non-hydrogen) atoms. The molecule has 0 radical (unpaired) electrons. The van der Waals surface area contributed by atoms with Crippen LogP contribution in [0.15, 0.2) is 0 Å². The third-order valence-corrected chi connectivity index (χ3v) is 2.84. The van der Waals surface area contributed by atoms with Crippen molar-refractivity contribution in [1.29, 1.82) is 0 Å². The maximum atomic E-state index is 10.7. The van der Waals surface area contributed by atoms with Gasteiger partial charge in [0.2, 0.25) is 0 Å². The summed E-state index contributed by atoms with van der Waals surface area (Å²) in [5.74, 6) is 0.970. The highest BCUT2D eigenvalue weighted by Gasteiger charge is 2.15. The van der Waals surface area contributed by atoms with Gasteiger partial charge in [0.25, 0.3) is 0 Å². The van der Waals surface area contributed by atoms with Crippen molar-refractivity contribution in [3.63, 3.8) is 0 Å². The number of thioether (sulfide) groups is 1. The van der Waals surface area contributed by atoms with Crippen LogP contribution >= 0.6 is 11.8 Å². The maximum absolute atomic E-state index is 10.7. The van der Waals surface area contributed by atoms with E-state index in [-0.39, 0.29) is 6.04 Å². The predicted molar refractivity (Wildman–Crippen MR) is 57.3 cm³/mol. The monoisotopic (exact) mass is 205 g/mol. The number of rotatable bonds is 8. The van der Waals surface area contributed by atoms with Gasteiger partial charge in [-0.2, -0.15) is 11.8 Å². The van der Waals surface area contributed by atoms with Gasteiger partial charge in [0.15, 0.2) is 0 Å². The molecule has 1 atom stereocenters. The molecule has 0 saturated carbocycles. The first kappa shape index (κ1) is 12.8. The predicted octanol–water partition coefficient (Wildman–Crippen LogP) is 1.58. The van der Waals surface area contributed by atoms with E-state index in [4.69, 9.17) is 5.11 Å². The summed E-state index contributed by atoms with van der Waals surface area (Å²) in [6.45, 7) is 4.91. The Hall–Kier alpha value is -0.220.